The number of methoxy groups -OCH3 is 1. The van der Waals surface area contributed by atoms with Gasteiger partial charge in [-0.05, 0) is 37.5 Å². The summed E-state index contributed by atoms with van der Waals surface area (Å²) in [5.74, 6) is -0.471. The highest BCUT2D eigenvalue weighted by Crippen LogP contribution is 2.12. The molecule has 0 aromatic heterocycles. The monoisotopic (exact) mass is 341 g/mol. The third kappa shape index (κ3) is 6.70. The van der Waals surface area contributed by atoms with Gasteiger partial charge in [0.15, 0.2) is 0 Å². The molecule has 0 saturated carbocycles. The summed E-state index contributed by atoms with van der Waals surface area (Å²) in [4.78, 5) is 22.5. The van der Waals surface area contributed by atoms with Crippen LogP contribution in [0.25, 0.3) is 0 Å². The Morgan fingerprint density at radius 2 is 1.90 bits per heavy atom. The van der Waals surface area contributed by atoms with Crippen molar-refractivity contribution in [2.24, 2.45) is 0 Å². The number of hydrogen-bond donors (Lipinski definition) is 1. The van der Waals surface area contributed by atoms with E-state index >= 15 is 0 Å². The van der Waals surface area contributed by atoms with Crippen LogP contribution in [0.2, 0.25) is 0 Å². The predicted molar refractivity (Wildman–Crippen MR) is 81.3 cm³/mol. The molecule has 0 radical (unpaired) electrons. The Balaban J connectivity index is 2.25. The molecular weight excluding hydrogens is 322 g/mol. The quantitative estimate of drug-likeness (QED) is 0.776. The lowest BCUT2D eigenvalue weighted by molar-refractivity contribution is -0.142. The number of aryl methyl sites for hydroxylation is 1. The molecule has 0 heterocycles. The topological polar surface area (TPSA) is 55.4 Å². The molecule has 1 atom stereocenters. The second kappa shape index (κ2) is 8.74. The fourth-order valence-electron chi connectivity index (χ4n) is 1.77. The number of nitrogens with one attached hydrogen (secondary N) is 1. The lowest BCUT2D eigenvalue weighted by atomic mass is 10.1. The highest BCUT2D eigenvalue weighted by molar-refractivity contribution is 9.10. The van der Waals surface area contributed by atoms with Crippen LogP contribution in [0.4, 0.5) is 0 Å². The molecular formula is C15H20BrNO3. The summed E-state index contributed by atoms with van der Waals surface area (Å²) in [6.45, 7) is 1.97. The van der Waals surface area contributed by atoms with Crippen molar-refractivity contribution in [2.45, 2.75) is 38.6 Å². The molecule has 1 rings (SSSR count). The second-order valence-electron chi connectivity index (χ2n) is 4.71. The summed E-state index contributed by atoms with van der Waals surface area (Å²) in [6, 6.07) is 8.24. The van der Waals surface area contributed by atoms with Crippen molar-refractivity contribution >= 4 is 27.8 Å². The molecule has 0 aliphatic carbocycles. The average molecular weight is 342 g/mol. The van der Waals surface area contributed by atoms with Gasteiger partial charge in [-0.25, -0.2) is 0 Å². The lowest BCUT2D eigenvalue weighted by Gasteiger charge is -2.13. The summed E-state index contributed by atoms with van der Waals surface area (Å²) < 4.78 is 5.56. The minimum Gasteiger partial charge on any atom is -0.469 e. The number of carbonyl (C=O) groups is 2. The van der Waals surface area contributed by atoms with Crippen LogP contribution < -0.4 is 5.32 Å². The van der Waals surface area contributed by atoms with E-state index in [0.717, 1.165) is 17.3 Å². The fourth-order valence-corrected chi connectivity index (χ4v) is 2.04. The number of ether oxygens (including phenoxy) is 1. The largest absolute Gasteiger partial charge is 0.469 e. The molecule has 0 saturated heterocycles. The Bertz CT molecular complexity index is 445. The van der Waals surface area contributed by atoms with Crippen LogP contribution in [0.1, 0.15) is 31.7 Å². The fraction of sp³-hybridized carbons (Fsp3) is 0.467. The van der Waals surface area contributed by atoms with E-state index in [1.807, 2.05) is 19.1 Å². The van der Waals surface area contributed by atoms with E-state index in [0.29, 0.717) is 0 Å². The summed E-state index contributed by atoms with van der Waals surface area (Å²) in [6.07, 6.45) is 2.08. The minimum absolute atomic E-state index is 0.0868. The van der Waals surface area contributed by atoms with Gasteiger partial charge in [-0.2, -0.15) is 0 Å². The van der Waals surface area contributed by atoms with Crippen LogP contribution in [0.5, 0.6) is 0 Å². The first-order valence-electron chi connectivity index (χ1n) is 6.62. The van der Waals surface area contributed by atoms with E-state index in [-0.39, 0.29) is 30.8 Å². The molecule has 0 fully saturated rings. The third-order valence-corrected chi connectivity index (χ3v) is 3.50. The maximum atomic E-state index is 11.6. The van der Waals surface area contributed by atoms with Gasteiger partial charge in [0.2, 0.25) is 5.91 Å². The van der Waals surface area contributed by atoms with Gasteiger partial charge in [-0.15, -0.1) is 0 Å². The normalized spacial score (nSPS) is 11.8. The van der Waals surface area contributed by atoms with Crippen molar-refractivity contribution in [2.75, 3.05) is 7.11 Å². The van der Waals surface area contributed by atoms with Crippen LogP contribution in [-0.4, -0.2) is 25.0 Å². The standard InChI is InChI=1S/C15H20BrNO3/c1-11(17-14(18)9-10-15(19)20-2)3-4-12-5-7-13(16)8-6-12/h5-8,11H,3-4,9-10H2,1-2H3,(H,17,18). The van der Waals surface area contributed by atoms with Gasteiger partial charge in [0, 0.05) is 16.9 Å². The van der Waals surface area contributed by atoms with Gasteiger partial charge in [-0.1, -0.05) is 28.1 Å². The minimum atomic E-state index is -0.359. The van der Waals surface area contributed by atoms with E-state index in [9.17, 15) is 9.59 Å². The van der Waals surface area contributed by atoms with Gasteiger partial charge >= 0.3 is 5.97 Å². The van der Waals surface area contributed by atoms with Crippen molar-refractivity contribution < 1.29 is 14.3 Å². The highest BCUT2D eigenvalue weighted by atomic mass is 79.9. The van der Waals surface area contributed by atoms with Gasteiger partial charge in [0.1, 0.15) is 0 Å². The molecule has 4 nitrogen and oxygen atoms in total. The van der Waals surface area contributed by atoms with Gasteiger partial charge in [0.05, 0.1) is 13.5 Å². The lowest BCUT2D eigenvalue weighted by Crippen LogP contribution is -2.33. The van der Waals surface area contributed by atoms with Gasteiger partial charge < -0.3 is 10.1 Å². The number of amides is 1. The van der Waals surface area contributed by atoms with Crippen molar-refractivity contribution in [3.8, 4) is 0 Å². The van der Waals surface area contributed by atoms with Crippen molar-refractivity contribution in [3.05, 3.63) is 34.3 Å². The molecule has 1 aromatic carbocycles. The number of esters is 1. The first-order chi connectivity index (χ1) is 9.51. The van der Waals surface area contributed by atoms with Crippen LogP contribution in [0.3, 0.4) is 0 Å². The maximum Gasteiger partial charge on any atom is 0.306 e. The summed E-state index contributed by atoms with van der Waals surface area (Å²) >= 11 is 3.40. The van der Waals surface area contributed by atoms with Gasteiger partial charge in [0.25, 0.3) is 0 Å². The zero-order chi connectivity index (χ0) is 15.0. The summed E-state index contributed by atoms with van der Waals surface area (Å²) in [5, 5.41) is 2.88. The van der Waals surface area contributed by atoms with Crippen LogP contribution in [0, 0.1) is 0 Å². The van der Waals surface area contributed by atoms with E-state index in [2.05, 4.69) is 38.1 Å². The molecule has 0 aliphatic heterocycles. The van der Waals surface area contributed by atoms with Crippen LogP contribution in [-0.2, 0) is 20.7 Å². The number of rotatable bonds is 7. The molecule has 1 amide bonds. The average Bonchev–Trinajstić information content (AvgIpc) is 2.44. The van der Waals surface area contributed by atoms with E-state index in [4.69, 9.17) is 0 Å². The number of hydrogen-bond acceptors (Lipinski definition) is 3. The van der Waals surface area contributed by atoms with Gasteiger partial charge in [-0.3, -0.25) is 9.59 Å². The van der Waals surface area contributed by atoms with E-state index in [1.165, 1.54) is 12.7 Å². The Morgan fingerprint density at radius 1 is 1.25 bits per heavy atom. The number of halogens is 1. The van der Waals surface area contributed by atoms with E-state index < -0.39 is 0 Å². The Kier molecular flexibility index (Phi) is 7.30. The Hall–Kier alpha value is -1.36. The Labute approximate surface area is 128 Å². The molecule has 0 aliphatic rings. The molecule has 110 valence electrons. The zero-order valence-corrected chi connectivity index (χ0v) is 13.4. The molecule has 0 spiro atoms. The Morgan fingerprint density at radius 3 is 2.50 bits per heavy atom. The molecule has 20 heavy (non-hydrogen) atoms. The molecule has 0 bridgehead atoms. The summed E-state index contributed by atoms with van der Waals surface area (Å²) in [7, 11) is 1.32. The van der Waals surface area contributed by atoms with Crippen molar-refractivity contribution in [3.63, 3.8) is 0 Å². The SMILES string of the molecule is COC(=O)CCC(=O)NC(C)CCc1ccc(Br)cc1. The molecule has 1 N–H and O–H groups in total. The third-order valence-electron chi connectivity index (χ3n) is 2.97. The highest BCUT2D eigenvalue weighted by Gasteiger charge is 2.10. The van der Waals surface area contributed by atoms with Crippen LogP contribution in [0.15, 0.2) is 28.7 Å². The smallest absolute Gasteiger partial charge is 0.306 e. The van der Waals surface area contributed by atoms with E-state index in [1.54, 1.807) is 0 Å². The maximum absolute atomic E-state index is 11.6. The molecule has 5 heteroatoms. The number of benzene rings is 1. The molecule has 1 unspecified atom stereocenters. The predicted octanol–water partition coefficient (Wildman–Crippen LogP) is 2.84. The first-order valence-corrected chi connectivity index (χ1v) is 7.41. The number of carbonyl (C=O) groups excluding carboxylic acids is 2. The van der Waals surface area contributed by atoms with Crippen LogP contribution >= 0.6 is 15.9 Å². The second-order valence-corrected chi connectivity index (χ2v) is 5.63. The van der Waals surface area contributed by atoms with Crippen molar-refractivity contribution in [1.82, 2.24) is 5.32 Å². The van der Waals surface area contributed by atoms with Crippen molar-refractivity contribution in [1.29, 1.82) is 0 Å². The zero-order valence-electron chi connectivity index (χ0n) is 11.8. The summed E-state index contributed by atoms with van der Waals surface area (Å²) in [5.41, 5.74) is 1.24. The molecule has 1 aromatic rings. The first kappa shape index (κ1) is 16.7.